The van der Waals surface area contributed by atoms with Crippen molar-refractivity contribution in [1.29, 1.82) is 0 Å². The van der Waals surface area contributed by atoms with Crippen molar-refractivity contribution in [2.24, 2.45) is 0 Å². The van der Waals surface area contributed by atoms with Gasteiger partial charge in [0, 0.05) is 0 Å². The Labute approximate surface area is 189 Å². The molecule has 0 saturated carbocycles. The zero-order chi connectivity index (χ0) is 22.2. The molecule has 0 aliphatic heterocycles. The molecule has 0 saturated heterocycles. The monoisotopic (exact) mass is 426 g/mol. The lowest BCUT2D eigenvalue weighted by Gasteiger charge is -2.30. The van der Waals surface area contributed by atoms with Gasteiger partial charge in [-0.05, 0) is 35.4 Å². The second kappa shape index (κ2) is 10.4. The van der Waals surface area contributed by atoms with Gasteiger partial charge in [0.15, 0.2) is 35.2 Å². The summed E-state index contributed by atoms with van der Waals surface area (Å²) in [5, 5.41) is 0. The van der Waals surface area contributed by atoms with Crippen molar-refractivity contribution in [3.05, 3.63) is 120 Å². The second-order valence-electron chi connectivity index (χ2n) is 7.20. The summed E-state index contributed by atoms with van der Waals surface area (Å²) in [4.78, 5) is 0. The largest absolute Gasteiger partial charge is 0.493 e. The molecule has 0 spiro atoms. The molecule has 0 heterocycles. The SMILES string of the molecule is COc1ccccc1O[C@H](c1ccccc1)[C@H](Oc1ccccc1OC)c1ccccc1. The first-order chi connectivity index (χ1) is 15.8. The number of benzene rings is 4. The van der Waals surface area contributed by atoms with Crippen LogP contribution < -0.4 is 18.9 Å². The maximum atomic E-state index is 6.59. The highest BCUT2D eigenvalue weighted by atomic mass is 16.6. The summed E-state index contributed by atoms with van der Waals surface area (Å²) in [7, 11) is 3.28. The Balaban J connectivity index is 1.81. The zero-order valence-electron chi connectivity index (χ0n) is 18.2. The first kappa shape index (κ1) is 21.3. The molecule has 4 nitrogen and oxygen atoms in total. The third-order valence-electron chi connectivity index (χ3n) is 5.18. The van der Waals surface area contributed by atoms with Crippen molar-refractivity contribution < 1.29 is 18.9 Å². The van der Waals surface area contributed by atoms with Crippen molar-refractivity contribution >= 4 is 0 Å². The van der Waals surface area contributed by atoms with Gasteiger partial charge in [-0.25, -0.2) is 0 Å². The van der Waals surface area contributed by atoms with Gasteiger partial charge in [0.1, 0.15) is 0 Å². The van der Waals surface area contributed by atoms with E-state index in [1.54, 1.807) is 14.2 Å². The summed E-state index contributed by atoms with van der Waals surface area (Å²) in [5.41, 5.74) is 1.98. The fourth-order valence-corrected chi connectivity index (χ4v) is 3.60. The van der Waals surface area contributed by atoms with E-state index in [9.17, 15) is 0 Å². The lowest BCUT2D eigenvalue weighted by molar-refractivity contribution is 0.0487. The fraction of sp³-hybridized carbons (Fsp3) is 0.143. The maximum absolute atomic E-state index is 6.59. The van der Waals surface area contributed by atoms with Crippen LogP contribution in [-0.4, -0.2) is 14.2 Å². The molecule has 0 N–H and O–H groups in total. The van der Waals surface area contributed by atoms with Gasteiger partial charge < -0.3 is 18.9 Å². The highest BCUT2D eigenvalue weighted by molar-refractivity contribution is 5.42. The predicted molar refractivity (Wildman–Crippen MR) is 126 cm³/mol. The Morgan fingerprint density at radius 2 is 0.719 bits per heavy atom. The molecule has 0 aliphatic carbocycles. The van der Waals surface area contributed by atoms with Gasteiger partial charge in [-0.15, -0.1) is 0 Å². The summed E-state index contributed by atoms with van der Waals surface area (Å²) in [6, 6.07) is 35.4. The molecule has 0 aromatic heterocycles. The van der Waals surface area contributed by atoms with E-state index >= 15 is 0 Å². The minimum Gasteiger partial charge on any atom is -0.493 e. The van der Waals surface area contributed by atoms with Crippen LogP contribution in [0.5, 0.6) is 23.0 Å². The summed E-state index contributed by atoms with van der Waals surface area (Å²) < 4.78 is 24.3. The Hall–Kier alpha value is -3.92. The molecule has 4 heteroatoms. The van der Waals surface area contributed by atoms with Crippen LogP contribution in [-0.2, 0) is 0 Å². The number of rotatable bonds is 9. The smallest absolute Gasteiger partial charge is 0.165 e. The fourth-order valence-electron chi connectivity index (χ4n) is 3.60. The van der Waals surface area contributed by atoms with Crippen molar-refractivity contribution in [1.82, 2.24) is 0 Å². The molecular formula is C28H26O4. The van der Waals surface area contributed by atoms with Crippen molar-refractivity contribution in [2.45, 2.75) is 12.2 Å². The number of hydrogen-bond acceptors (Lipinski definition) is 4. The average Bonchev–Trinajstić information content (AvgIpc) is 2.87. The molecular weight excluding hydrogens is 400 g/mol. The Morgan fingerprint density at radius 1 is 0.406 bits per heavy atom. The summed E-state index contributed by atoms with van der Waals surface area (Å²) in [6.07, 6.45) is -0.889. The molecule has 0 fully saturated rings. The van der Waals surface area contributed by atoms with Gasteiger partial charge in [-0.1, -0.05) is 84.9 Å². The first-order valence-corrected chi connectivity index (χ1v) is 10.5. The van der Waals surface area contributed by atoms with Crippen LogP contribution in [0.4, 0.5) is 0 Å². The van der Waals surface area contributed by atoms with Crippen LogP contribution in [0.1, 0.15) is 23.3 Å². The minimum absolute atomic E-state index is 0.445. The number of ether oxygens (including phenoxy) is 4. The average molecular weight is 427 g/mol. The van der Waals surface area contributed by atoms with Crippen molar-refractivity contribution in [3.63, 3.8) is 0 Å². The number of para-hydroxylation sites is 4. The van der Waals surface area contributed by atoms with Gasteiger partial charge >= 0.3 is 0 Å². The van der Waals surface area contributed by atoms with Gasteiger partial charge in [0.05, 0.1) is 14.2 Å². The topological polar surface area (TPSA) is 36.9 Å². The number of hydrogen-bond donors (Lipinski definition) is 0. The van der Waals surface area contributed by atoms with Crippen LogP contribution in [0, 0.1) is 0 Å². The van der Waals surface area contributed by atoms with Crippen LogP contribution in [0.2, 0.25) is 0 Å². The normalized spacial score (nSPS) is 12.4. The molecule has 0 radical (unpaired) electrons. The van der Waals surface area contributed by atoms with Gasteiger partial charge in [0.2, 0.25) is 0 Å². The van der Waals surface area contributed by atoms with E-state index in [1.165, 1.54) is 0 Å². The highest BCUT2D eigenvalue weighted by Crippen LogP contribution is 2.41. The summed E-state index contributed by atoms with van der Waals surface area (Å²) in [6.45, 7) is 0. The maximum Gasteiger partial charge on any atom is 0.165 e. The van der Waals surface area contributed by atoms with Crippen LogP contribution >= 0.6 is 0 Å². The highest BCUT2D eigenvalue weighted by Gasteiger charge is 2.30. The quantitative estimate of drug-likeness (QED) is 0.300. The molecule has 4 aromatic carbocycles. The van der Waals surface area contributed by atoms with E-state index in [4.69, 9.17) is 18.9 Å². The zero-order valence-corrected chi connectivity index (χ0v) is 18.2. The lowest BCUT2D eigenvalue weighted by Crippen LogP contribution is -2.23. The Bertz CT molecular complexity index is 1020. The van der Waals surface area contributed by atoms with E-state index in [-0.39, 0.29) is 0 Å². The lowest BCUT2D eigenvalue weighted by atomic mass is 9.97. The first-order valence-electron chi connectivity index (χ1n) is 10.5. The van der Waals surface area contributed by atoms with E-state index in [1.807, 2.05) is 109 Å². The van der Waals surface area contributed by atoms with Crippen molar-refractivity contribution in [2.75, 3.05) is 14.2 Å². The predicted octanol–water partition coefficient (Wildman–Crippen LogP) is 6.64. The van der Waals surface area contributed by atoms with Gasteiger partial charge in [-0.2, -0.15) is 0 Å². The van der Waals surface area contributed by atoms with E-state index in [2.05, 4.69) is 0 Å². The van der Waals surface area contributed by atoms with Crippen LogP contribution in [0.3, 0.4) is 0 Å². The van der Waals surface area contributed by atoms with Crippen LogP contribution in [0.25, 0.3) is 0 Å². The van der Waals surface area contributed by atoms with E-state index in [0.29, 0.717) is 23.0 Å². The molecule has 32 heavy (non-hydrogen) atoms. The van der Waals surface area contributed by atoms with E-state index in [0.717, 1.165) is 11.1 Å². The van der Waals surface area contributed by atoms with E-state index < -0.39 is 12.2 Å². The minimum atomic E-state index is -0.445. The molecule has 2 atom stereocenters. The molecule has 0 unspecified atom stereocenters. The molecule has 0 amide bonds. The summed E-state index contributed by atoms with van der Waals surface area (Å²) in [5.74, 6) is 2.62. The Kier molecular flexibility index (Phi) is 6.93. The Morgan fingerprint density at radius 3 is 1.06 bits per heavy atom. The molecule has 4 rings (SSSR count). The molecule has 0 bridgehead atoms. The van der Waals surface area contributed by atoms with Gasteiger partial charge in [0.25, 0.3) is 0 Å². The van der Waals surface area contributed by atoms with Crippen molar-refractivity contribution in [3.8, 4) is 23.0 Å². The standard InChI is InChI=1S/C28H26O4/c1-29-23-17-9-11-19-25(23)31-27(21-13-5-3-6-14-21)28(22-15-7-4-8-16-22)32-26-20-12-10-18-24(26)30-2/h3-20,27-28H,1-2H3/t27-,28-/m1/s1. The molecule has 162 valence electrons. The third-order valence-corrected chi connectivity index (χ3v) is 5.18. The molecule has 0 aliphatic rings. The third kappa shape index (κ3) is 4.86. The van der Waals surface area contributed by atoms with Crippen LogP contribution in [0.15, 0.2) is 109 Å². The second-order valence-corrected chi connectivity index (χ2v) is 7.20. The molecule has 4 aromatic rings. The number of methoxy groups -OCH3 is 2. The van der Waals surface area contributed by atoms with Gasteiger partial charge in [-0.3, -0.25) is 0 Å². The summed E-state index contributed by atoms with van der Waals surface area (Å²) >= 11 is 0.